The van der Waals surface area contributed by atoms with Crippen LogP contribution in [-0.2, 0) is 4.79 Å². The van der Waals surface area contributed by atoms with Crippen molar-refractivity contribution in [3.05, 3.63) is 0 Å². The van der Waals surface area contributed by atoms with Gasteiger partial charge in [-0.25, -0.2) is 0 Å². The second-order valence-electron chi connectivity index (χ2n) is 3.72. The van der Waals surface area contributed by atoms with Crippen LogP contribution < -0.4 is 5.32 Å². The third kappa shape index (κ3) is 2.20. The average molecular weight is 214 g/mol. The van der Waals surface area contributed by atoms with Crippen LogP contribution in [0.15, 0.2) is 4.99 Å². The van der Waals surface area contributed by atoms with E-state index in [0.29, 0.717) is 12.1 Å². The van der Waals surface area contributed by atoms with Gasteiger partial charge < -0.3 is 10.4 Å². The second-order valence-corrected chi connectivity index (χ2v) is 4.68. The Bertz CT molecular complexity index is 268. The van der Waals surface area contributed by atoms with Crippen molar-refractivity contribution in [1.82, 2.24) is 5.32 Å². The van der Waals surface area contributed by atoms with E-state index in [1.807, 2.05) is 0 Å². The number of hydrogen-bond acceptors (Lipinski definition) is 4. The van der Waals surface area contributed by atoms with Crippen molar-refractivity contribution in [2.24, 2.45) is 4.99 Å². The lowest BCUT2D eigenvalue weighted by Crippen LogP contribution is -2.36. The molecule has 14 heavy (non-hydrogen) atoms. The van der Waals surface area contributed by atoms with Gasteiger partial charge in [-0.15, -0.1) is 0 Å². The van der Waals surface area contributed by atoms with Crippen LogP contribution in [0.3, 0.4) is 0 Å². The van der Waals surface area contributed by atoms with E-state index in [9.17, 15) is 4.79 Å². The molecule has 0 saturated heterocycles. The van der Waals surface area contributed by atoms with Gasteiger partial charge in [0.05, 0.1) is 17.8 Å². The molecule has 0 aromatic carbocycles. The topological polar surface area (TPSA) is 61.7 Å². The fraction of sp³-hybridized carbons (Fsp3) is 0.778. The molecule has 2 N–H and O–H groups in total. The lowest BCUT2D eigenvalue weighted by molar-refractivity contribution is -0.133. The van der Waals surface area contributed by atoms with Crippen LogP contribution in [0, 0.1) is 0 Å². The first-order valence-corrected chi connectivity index (χ1v) is 5.93. The number of rotatable bonds is 2. The van der Waals surface area contributed by atoms with Gasteiger partial charge in [-0.1, -0.05) is 24.6 Å². The highest BCUT2D eigenvalue weighted by atomic mass is 32.2. The highest BCUT2D eigenvalue weighted by Crippen LogP contribution is 2.26. The molecule has 0 aromatic rings. The zero-order valence-corrected chi connectivity index (χ0v) is 8.72. The largest absolute Gasteiger partial charge is 0.481 e. The molecule has 78 valence electrons. The van der Waals surface area contributed by atoms with Gasteiger partial charge in [-0.2, -0.15) is 0 Å². The van der Waals surface area contributed by atoms with E-state index >= 15 is 0 Å². The van der Waals surface area contributed by atoms with Crippen molar-refractivity contribution < 1.29 is 9.90 Å². The van der Waals surface area contributed by atoms with E-state index in [1.165, 1.54) is 31.0 Å². The Hall–Kier alpha value is -0.710. The van der Waals surface area contributed by atoms with Gasteiger partial charge in [-0.3, -0.25) is 9.79 Å². The summed E-state index contributed by atoms with van der Waals surface area (Å²) < 4.78 is 0. The highest BCUT2D eigenvalue weighted by molar-refractivity contribution is 8.14. The fourth-order valence-corrected chi connectivity index (χ4v) is 2.69. The summed E-state index contributed by atoms with van der Waals surface area (Å²) >= 11 is 1.30. The van der Waals surface area contributed by atoms with Crippen LogP contribution in [0.5, 0.6) is 0 Å². The molecule has 4 nitrogen and oxygen atoms in total. The molecule has 0 bridgehead atoms. The van der Waals surface area contributed by atoms with Crippen LogP contribution in [0.4, 0.5) is 0 Å². The quantitative estimate of drug-likeness (QED) is 0.722. The van der Waals surface area contributed by atoms with Crippen molar-refractivity contribution in [2.75, 3.05) is 5.75 Å². The molecular formula is C9H14N2O2S. The molecule has 1 saturated carbocycles. The number of aliphatic imine (C=N–C) groups is 1. The first-order chi connectivity index (χ1) is 6.75. The molecule has 1 aliphatic heterocycles. The second kappa shape index (κ2) is 4.21. The molecule has 0 spiro atoms. The summed E-state index contributed by atoms with van der Waals surface area (Å²) in [5.41, 5.74) is 0. The monoisotopic (exact) mass is 214 g/mol. The normalized spacial score (nSPS) is 30.4. The van der Waals surface area contributed by atoms with Crippen molar-refractivity contribution in [3.63, 3.8) is 0 Å². The molecular weight excluding hydrogens is 200 g/mol. The van der Waals surface area contributed by atoms with Gasteiger partial charge in [-0.05, 0) is 12.8 Å². The molecule has 1 aliphatic carbocycles. The fourth-order valence-electron chi connectivity index (χ4n) is 1.99. The lowest BCUT2D eigenvalue weighted by atomic mass is 9.92. The van der Waals surface area contributed by atoms with E-state index in [4.69, 9.17) is 5.11 Å². The zero-order valence-electron chi connectivity index (χ0n) is 7.90. The minimum absolute atomic E-state index is 0.102. The third-order valence-corrected chi connectivity index (χ3v) is 3.54. The van der Waals surface area contributed by atoms with Gasteiger partial charge in [0.2, 0.25) is 0 Å². The summed E-state index contributed by atoms with van der Waals surface area (Å²) in [6.45, 7) is 0. The molecule has 2 aliphatic rings. The highest BCUT2D eigenvalue weighted by Gasteiger charge is 2.30. The number of amidine groups is 1. The van der Waals surface area contributed by atoms with Gasteiger partial charge in [0.25, 0.3) is 0 Å². The van der Waals surface area contributed by atoms with Crippen LogP contribution in [-0.4, -0.2) is 34.1 Å². The van der Waals surface area contributed by atoms with Crippen molar-refractivity contribution >= 4 is 22.9 Å². The van der Waals surface area contributed by atoms with Gasteiger partial charge in [0.15, 0.2) is 5.17 Å². The first kappa shape index (κ1) is 9.83. The predicted octanol–water partition coefficient (Wildman–Crippen LogP) is 1.07. The number of carboxylic acid groups (broad SMARTS) is 1. The Morgan fingerprint density at radius 3 is 3.07 bits per heavy atom. The van der Waals surface area contributed by atoms with Crippen LogP contribution in [0.2, 0.25) is 0 Å². The molecule has 1 fully saturated rings. The van der Waals surface area contributed by atoms with Crippen molar-refractivity contribution in [1.29, 1.82) is 0 Å². The molecule has 0 amide bonds. The number of nitrogens with one attached hydrogen (secondary N) is 1. The van der Waals surface area contributed by atoms with Crippen molar-refractivity contribution in [3.8, 4) is 0 Å². The number of thioether (sulfide) groups is 1. The summed E-state index contributed by atoms with van der Waals surface area (Å²) in [6, 6.07) is 0.875. The smallest absolute Gasteiger partial charge is 0.313 e. The number of nitrogens with zero attached hydrogens (tertiary/aromatic N) is 1. The van der Waals surface area contributed by atoms with Crippen LogP contribution >= 0.6 is 11.8 Å². The summed E-state index contributed by atoms with van der Waals surface area (Å²) in [7, 11) is 0. The maximum atomic E-state index is 10.4. The molecule has 1 heterocycles. The van der Waals surface area contributed by atoms with Gasteiger partial charge in [0, 0.05) is 0 Å². The predicted molar refractivity (Wildman–Crippen MR) is 56.7 cm³/mol. The number of aliphatic carboxylic acids is 1. The summed E-state index contributed by atoms with van der Waals surface area (Å²) in [6.07, 6.45) is 4.84. The summed E-state index contributed by atoms with van der Waals surface area (Å²) in [5, 5.41) is 12.7. The molecule has 0 radical (unpaired) electrons. The molecule has 0 unspecified atom stereocenters. The Morgan fingerprint density at radius 1 is 1.57 bits per heavy atom. The van der Waals surface area contributed by atoms with Crippen LogP contribution in [0.25, 0.3) is 0 Å². The number of carboxylic acids is 1. The van der Waals surface area contributed by atoms with Gasteiger partial charge in [0.1, 0.15) is 0 Å². The number of hydrogen-bond donors (Lipinski definition) is 2. The Balaban J connectivity index is 1.86. The molecule has 2 rings (SSSR count). The average Bonchev–Trinajstić information content (AvgIpc) is 2.57. The summed E-state index contributed by atoms with van der Waals surface area (Å²) in [5.74, 6) is -0.681. The third-order valence-electron chi connectivity index (χ3n) is 2.65. The maximum absolute atomic E-state index is 10.4. The van der Waals surface area contributed by atoms with E-state index in [-0.39, 0.29) is 5.75 Å². The Kier molecular flexibility index (Phi) is 2.96. The zero-order chi connectivity index (χ0) is 9.97. The van der Waals surface area contributed by atoms with Gasteiger partial charge >= 0.3 is 5.97 Å². The van der Waals surface area contributed by atoms with Crippen molar-refractivity contribution in [2.45, 2.75) is 37.8 Å². The first-order valence-electron chi connectivity index (χ1n) is 4.94. The standard InChI is InChI=1S/C9H14N2O2S/c12-8(13)5-14-9-10-6-3-1-2-4-7(6)11-9/h6-7H,1-5H2,(H,10,11)(H,12,13)/t6-,7-/m0/s1. The lowest BCUT2D eigenvalue weighted by Gasteiger charge is -2.22. The summed E-state index contributed by atoms with van der Waals surface area (Å²) in [4.78, 5) is 14.9. The minimum Gasteiger partial charge on any atom is -0.481 e. The maximum Gasteiger partial charge on any atom is 0.313 e. The van der Waals surface area contributed by atoms with E-state index < -0.39 is 5.97 Å². The molecule has 5 heteroatoms. The van der Waals surface area contributed by atoms with E-state index in [1.54, 1.807) is 0 Å². The minimum atomic E-state index is -0.783. The number of carbonyl (C=O) groups is 1. The number of fused-ring (bicyclic) bond motifs is 1. The van der Waals surface area contributed by atoms with Crippen LogP contribution in [0.1, 0.15) is 25.7 Å². The van der Waals surface area contributed by atoms with E-state index in [2.05, 4.69) is 10.3 Å². The van der Waals surface area contributed by atoms with E-state index in [0.717, 1.165) is 11.6 Å². The molecule has 0 aromatic heterocycles. The Labute approximate surface area is 87.2 Å². The Morgan fingerprint density at radius 2 is 2.36 bits per heavy atom. The SMILES string of the molecule is O=C(O)CSC1=N[C@H]2CCCC[C@@H]2N1. The molecule has 2 atom stereocenters.